The van der Waals surface area contributed by atoms with E-state index in [2.05, 4.69) is 0 Å². The molecule has 0 aliphatic heterocycles. The van der Waals surface area contributed by atoms with Crippen molar-refractivity contribution in [2.24, 2.45) is 0 Å². The molecule has 0 bridgehead atoms. The van der Waals surface area contributed by atoms with Gasteiger partial charge < -0.3 is 9.84 Å². The molecule has 0 aliphatic carbocycles. The Bertz CT molecular complexity index is 558. The Morgan fingerprint density at radius 2 is 1.89 bits per heavy atom. The van der Waals surface area contributed by atoms with Crippen LogP contribution in [0.25, 0.3) is 0 Å². The molecule has 100 valence electrons. The zero-order chi connectivity index (χ0) is 13.7. The van der Waals surface area contributed by atoms with E-state index in [0.29, 0.717) is 22.8 Å². The monoisotopic (exact) mass is 280 g/mol. The van der Waals surface area contributed by atoms with Crippen molar-refractivity contribution in [1.29, 1.82) is 0 Å². The Hall–Kier alpha value is -1.58. The topological polar surface area (TPSA) is 29.5 Å². The van der Waals surface area contributed by atoms with Crippen molar-refractivity contribution in [3.8, 4) is 5.75 Å². The minimum absolute atomic E-state index is 0.0566. The van der Waals surface area contributed by atoms with Crippen molar-refractivity contribution >= 4 is 11.6 Å². The molecular weight excluding hydrogens is 267 g/mol. The number of rotatable bonds is 5. The predicted molar refractivity (Wildman–Crippen MR) is 73.0 cm³/mol. The molecule has 0 radical (unpaired) electrons. The molecule has 2 aromatic rings. The number of halogens is 2. The standard InChI is InChI=1S/C15H14ClFO2/c16-14-6-5-13(17)9-12(14)10-19-15-4-2-1-3-11(15)7-8-18/h1-6,9,18H,7-8,10H2. The van der Waals surface area contributed by atoms with Crippen LogP contribution in [0.4, 0.5) is 4.39 Å². The summed E-state index contributed by atoms with van der Waals surface area (Å²) in [4.78, 5) is 0. The van der Waals surface area contributed by atoms with E-state index >= 15 is 0 Å². The van der Waals surface area contributed by atoms with Gasteiger partial charge in [0.2, 0.25) is 0 Å². The van der Waals surface area contributed by atoms with Gasteiger partial charge >= 0.3 is 0 Å². The van der Waals surface area contributed by atoms with E-state index in [-0.39, 0.29) is 19.0 Å². The fraction of sp³-hybridized carbons (Fsp3) is 0.200. The molecule has 0 saturated heterocycles. The SMILES string of the molecule is OCCc1ccccc1OCc1cc(F)ccc1Cl. The molecule has 0 saturated carbocycles. The van der Waals surface area contributed by atoms with E-state index in [0.717, 1.165) is 5.56 Å². The highest BCUT2D eigenvalue weighted by molar-refractivity contribution is 6.31. The summed E-state index contributed by atoms with van der Waals surface area (Å²) in [7, 11) is 0. The Balaban J connectivity index is 2.12. The van der Waals surface area contributed by atoms with Gasteiger partial charge in [-0.15, -0.1) is 0 Å². The number of hydrogen-bond acceptors (Lipinski definition) is 2. The molecule has 0 heterocycles. The first kappa shape index (κ1) is 13.8. The second kappa shape index (κ2) is 6.55. The minimum atomic E-state index is -0.341. The first-order valence-corrected chi connectivity index (χ1v) is 6.34. The van der Waals surface area contributed by atoms with Crippen molar-refractivity contribution in [3.63, 3.8) is 0 Å². The van der Waals surface area contributed by atoms with Crippen molar-refractivity contribution in [1.82, 2.24) is 0 Å². The molecule has 0 aromatic heterocycles. The van der Waals surface area contributed by atoms with Gasteiger partial charge in [0.1, 0.15) is 18.2 Å². The number of para-hydroxylation sites is 1. The molecule has 0 aliphatic rings. The molecule has 19 heavy (non-hydrogen) atoms. The van der Waals surface area contributed by atoms with Crippen LogP contribution >= 0.6 is 11.6 Å². The lowest BCUT2D eigenvalue weighted by Crippen LogP contribution is -2.01. The summed E-state index contributed by atoms with van der Waals surface area (Å²) in [6.07, 6.45) is 0.521. The molecule has 0 unspecified atom stereocenters. The summed E-state index contributed by atoms with van der Waals surface area (Å²) in [5, 5.41) is 9.46. The summed E-state index contributed by atoms with van der Waals surface area (Å²) in [5.74, 6) is 0.337. The molecule has 2 aromatic carbocycles. The normalized spacial score (nSPS) is 10.5. The molecule has 2 rings (SSSR count). The molecule has 0 fully saturated rings. The smallest absolute Gasteiger partial charge is 0.123 e. The van der Waals surface area contributed by atoms with E-state index in [1.165, 1.54) is 18.2 Å². The highest BCUT2D eigenvalue weighted by Gasteiger charge is 2.06. The van der Waals surface area contributed by atoms with Gasteiger partial charge in [-0.05, 0) is 36.2 Å². The fourth-order valence-electron chi connectivity index (χ4n) is 1.78. The van der Waals surface area contributed by atoms with Gasteiger partial charge in [0.05, 0.1) is 0 Å². The maximum atomic E-state index is 13.1. The fourth-order valence-corrected chi connectivity index (χ4v) is 1.95. The number of aliphatic hydroxyl groups excluding tert-OH is 1. The van der Waals surface area contributed by atoms with Gasteiger partial charge in [-0.2, -0.15) is 0 Å². The molecule has 0 spiro atoms. The van der Waals surface area contributed by atoms with Crippen LogP contribution in [0.3, 0.4) is 0 Å². The lowest BCUT2D eigenvalue weighted by molar-refractivity contribution is 0.284. The van der Waals surface area contributed by atoms with Crippen LogP contribution in [-0.4, -0.2) is 11.7 Å². The highest BCUT2D eigenvalue weighted by atomic mass is 35.5. The van der Waals surface area contributed by atoms with Gasteiger partial charge in [0.15, 0.2) is 0 Å². The summed E-state index contributed by atoms with van der Waals surface area (Å²) < 4.78 is 18.8. The Kier molecular flexibility index (Phi) is 4.77. The van der Waals surface area contributed by atoms with Gasteiger partial charge in [-0.3, -0.25) is 0 Å². The zero-order valence-corrected chi connectivity index (χ0v) is 11.0. The average molecular weight is 281 g/mol. The van der Waals surface area contributed by atoms with Crippen molar-refractivity contribution in [3.05, 3.63) is 64.4 Å². The van der Waals surface area contributed by atoms with Gasteiger partial charge in [-0.1, -0.05) is 29.8 Å². The first-order valence-electron chi connectivity index (χ1n) is 5.96. The Morgan fingerprint density at radius 3 is 2.68 bits per heavy atom. The van der Waals surface area contributed by atoms with E-state index in [1.807, 2.05) is 24.3 Å². The van der Waals surface area contributed by atoms with E-state index in [9.17, 15) is 4.39 Å². The van der Waals surface area contributed by atoms with E-state index < -0.39 is 0 Å². The van der Waals surface area contributed by atoms with Crippen molar-refractivity contribution in [2.75, 3.05) is 6.61 Å². The number of ether oxygens (including phenoxy) is 1. The predicted octanol–water partition coefficient (Wildman–Crippen LogP) is 3.59. The number of benzene rings is 2. The molecule has 4 heteroatoms. The summed E-state index contributed by atoms with van der Waals surface area (Å²) >= 11 is 5.98. The molecule has 0 amide bonds. The van der Waals surface area contributed by atoms with Crippen LogP contribution in [0.5, 0.6) is 5.75 Å². The third-order valence-electron chi connectivity index (χ3n) is 2.74. The van der Waals surface area contributed by atoms with Gasteiger partial charge in [0.25, 0.3) is 0 Å². The second-order valence-corrected chi connectivity index (χ2v) is 4.51. The summed E-state index contributed by atoms with van der Waals surface area (Å²) in [6.45, 7) is 0.250. The maximum absolute atomic E-state index is 13.1. The van der Waals surface area contributed by atoms with Crippen LogP contribution in [-0.2, 0) is 13.0 Å². The van der Waals surface area contributed by atoms with Crippen molar-refractivity contribution in [2.45, 2.75) is 13.0 Å². The van der Waals surface area contributed by atoms with Crippen molar-refractivity contribution < 1.29 is 14.2 Å². The highest BCUT2D eigenvalue weighted by Crippen LogP contribution is 2.22. The van der Waals surface area contributed by atoms with Crippen LogP contribution < -0.4 is 4.74 Å². The Labute approximate surface area is 116 Å². The van der Waals surface area contributed by atoms with E-state index in [1.54, 1.807) is 0 Å². The maximum Gasteiger partial charge on any atom is 0.123 e. The second-order valence-electron chi connectivity index (χ2n) is 4.11. The van der Waals surface area contributed by atoms with Gasteiger partial charge in [0, 0.05) is 17.2 Å². The lowest BCUT2D eigenvalue weighted by Gasteiger charge is -2.11. The number of aliphatic hydroxyl groups is 1. The summed E-state index contributed by atoms with van der Waals surface area (Å²) in [6, 6.07) is 11.6. The minimum Gasteiger partial charge on any atom is -0.489 e. The largest absolute Gasteiger partial charge is 0.489 e. The summed E-state index contributed by atoms with van der Waals surface area (Å²) in [5.41, 5.74) is 1.51. The van der Waals surface area contributed by atoms with Crippen LogP contribution in [0, 0.1) is 5.82 Å². The zero-order valence-electron chi connectivity index (χ0n) is 10.3. The number of hydrogen-bond donors (Lipinski definition) is 1. The van der Waals surface area contributed by atoms with Crippen LogP contribution in [0.15, 0.2) is 42.5 Å². The van der Waals surface area contributed by atoms with E-state index in [4.69, 9.17) is 21.4 Å². The lowest BCUT2D eigenvalue weighted by atomic mass is 10.1. The molecule has 2 nitrogen and oxygen atoms in total. The Morgan fingerprint density at radius 1 is 1.11 bits per heavy atom. The molecular formula is C15H14ClFO2. The van der Waals surface area contributed by atoms with Gasteiger partial charge in [-0.25, -0.2) is 4.39 Å². The quantitative estimate of drug-likeness (QED) is 0.907. The molecule has 1 N–H and O–H groups in total. The van der Waals surface area contributed by atoms with Crippen LogP contribution in [0.2, 0.25) is 5.02 Å². The first-order chi connectivity index (χ1) is 9.20. The third kappa shape index (κ3) is 3.69. The van der Waals surface area contributed by atoms with Crippen LogP contribution in [0.1, 0.15) is 11.1 Å². The third-order valence-corrected chi connectivity index (χ3v) is 3.11. The molecule has 0 atom stereocenters. The average Bonchev–Trinajstić information content (AvgIpc) is 2.42.